The molecule has 0 saturated carbocycles. The standard InChI is InChI=1S/C5H10N.C5H6N.C2H2O4.Pt/c2*1-2-4-6-5-3-1;3-1(4)2(5)6;/h1-5H2;1-4H,5H2;(H,3,4)(H,5,6);/q2*-1;;+2. The van der Waals surface area contributed by atoms with Gasteiger partial charge >= 0.3 is 33.0 Å². The Balaban J connectivity index is 0. The van der Waals surface area contributed by atoms with Crippen molar-refractivity contribution in [1.29, 1.82) is 0 Å². The summed E-state index contributed by atoms with van der Waals surface area (Å²) >= 11 is 0. The second-order valence-electron chi connectivity index (χ2n) is 3.48. The van der Waals surface area contributed by atoms with Crippen LogP contribution in [0.2, 0.25) is 0 Å². The maximum Gasteiger partial charge on any atom is 2.00 e. The summed E-state index contributed by atoms with van der Waals surface area (Å²) in [5.74, 6) is -3.65. The molecule has 0 unspecified atom stereocenters. The minimum atomic E-state index is -1.82. The van der Waals surface area contributed by atoms with Gasteiger partial charge in [-0.05, 0) is 0 Å². The Morgan fingerprint density at radius 3 is 1.63 bits per heavy atom. The van der Waals surface area contributed by atoms with E-state index >= 15 is 0 Å². The van der Waals surface area contributed by atoms with Crippen LogP contribution in [0.3, 0.4) is 0 Å². The van der Waals surface area contributed by atoms with E-state index in [1.807, 2.05) is 18.2 Å². The maximum atomic E-state index is 9.10. The van der Waals surface area contributed by atoms with Crippen LogP contribution < -0.4 is 0 Å². The van der Waals surface area contributed by atoms with E-state index < -0.39 is 11.9 Å². The van der Waals surface area contributed by atoms with Crippen LogP contribution in [0, 0.1) is 0 Å². The third kappa shape index (κ3) is 16.9. The summed E-state index contributed by atoms with van der Waals surface area (Å²) in [7, 11) is 0. The Bertz CT molecular complexity index is 267. The Kier molecular flexibility index (Phi) is 15.9. The Labute approximate surface area is 127 Å². The summed E-state index contributed by atoms with van der Waals surface area (Å²) in [6.45, 7) is 3.11. The van der Waals surface area contributed by atoms with Gasteiger partial charge in [0.15, 0.2) is 0 Å². The molecule has 2 aliphatic rings. The zero-order valence-corrected chi connectivity index (χ0v) is 12.7. The first kappa shape index (κ1) is 20.2. The molecule has 0 aromatic heterocycles. The molecule has 2 heterocycles. The second-order valence-corrected chi connectivity index (χ2v) is 3.48. The number of piperidine rings is 1. The van der Waals surface area contributed by atoms with E-state index in [4.69, 9.17) is 19.8 Å². The normalized spacial score (nSPS) is 15.4. The molecule has 0 spiro atoms. The van der Waals surface area contributed by atoms with Crippen molar-refractivity contribution in [1.82, 2.24) is 0 Å². The number of allylic oxidation sites excluding steroid dienone is 2. The van der Waals surface area contributed by atoms with E-state index in [0.717, 1.165) is 19.6 Å². The van der Waals surface area contributed by atoms with Gasteiger partial charge in [-0.2, -0.15) is 6.20 Å². The van der Waals surface area contributed by atoms with Crippen LogP contribution in [-0.2, 0) is 30.7 Å². The topological polar surface area (TPSA) is 103 Å². The number of carbonyl (C=O) groups is 2. The molecule has 1 fully saturated rings. The average molecular weight is 449 g/mol. The predicted octanol–water partition coefficient (Wildman–Crippen LogP) is 2.14. The number of rotatable bonds is 0. The van der Waals surface area contributed by atoms with Crippen LogP contribution in [0.15, 0.2) is 24.4 Å². The molecule has 0 bridgehead atoms. The fraction of sp³-hybridized carbons (Fsp3) is 0.500. The third-order valence-electron chi connectivity index (χ3n) is 1.96. The molecule has 19 heavy (non-hydrogen) atoms. The van der Waals surface area contributed by atoms with Gasteiger partial charge in [-0.25, -0.2) is 9.59 Å². The van der Waals surface area contributed by atoms with Crippen LogP contribution >= 0.6 is 0 Å². The van der Waals surface area contributed by atoms with Gasteiger partial charge in [0.2, 0.25) is 0 Å². The summed E-state index contributed by atoms with van der Waals surface area (Å²) in [5, 5.41) is 22.9. The minimum Gasteiger partial charge on any atom is -0.687 e. The molecule has 2 N–H and O–H groups in total. The van der Waals surface area contributed by atoms with Crippen LogP contribution in [0.5, 0.6) is 0 Å². The minimum absolute atomic E-state index is 0. The van der Waals surface area contributed by atoms with Crippen molar-refractivity contribution in [2.24, 2.45) is 0 Å². The molecule has 0 aromatic carbocycles. The molecular weight excluding hydrogens is 431 g/mol. The number of carboxylic acids is 2. The molecule has 0 radical (unpaired) electrons. The molecule has 110 valence electrons. The van der Waals surface area contributed by atoms with Gasteiger partial charge < -0.3 is 20.8 Å². The molecular formula is C12H18N2O4Pt. The molecule has 2 aliphatic heterocycles. The molecule has 1 saturated heterocycles. The van der Waals surface area contributed by atoms with Crippen LogP contribution in [0.1, 0.15) is 19.3 Å². The smallest absolute Gasteiger partial charge is 0.687 e. The average Bonchev–Trinajstić information content (AvgIpc) is 2.44. The van der Waals surface area contributed by atoms with Crippen LogP contribution in [-0.4, -0.2) is 41.8 Å². The quantitative estimate of drug-likeness (QED) is 0.553. The summed E-state index contributed by atoms with van der Waals surface area (Å²) < 4.78 is 0. The zero-order valence-electron chi connectivity index (χ0n) is 10.5. The molecule has 7 heteroatoms. The fourth-order valence-electron chi connectivity index (χ4n) is 1.11. The van der Waals surface area contributed by atoms with E-state index in [9.17, 15) is 0 Å². The Morgan fingerprint density at radius 1 is 0.947 bits per heavy atom. The van der Waals surface area contributed by atoms with Crippen molar-refractivity contribution in [3.8, 4) is 0 Å². The first-order valence-corrected chi connectivity index (χ1v) is 5.72. The first-order chi connectivity index (χ1) is 8.64. The zero-order chi connectivity index (χ0) is 13.6. The second kappa shape index (κ2) is 14.9. The van der Waals surface area contributed by atoms with Gasteiger partial charge in [0.25, 0.3) is 0 Å². The van der Waals surface area contributed by atoms with E-state index in [1.165, 1.54) is 19.3 Å². The number of hydrogen-bond donors (Lipinski definition) is 2. The Morgan fingerprint density at radius 2 is 1.53 bits per heavy atom. The van der Waals surface area contributed by atoms with E-state index in [-0.39, 0.29) is 21.1 Å². The largest absolute Gasteiger partial charge is 2.00 e. The van der Waals surface area contributed by atoms with Crippen molar-refractivity contribution < 1.29 is 40.9 Å². The van der Waals surface area contributed by atoms with E-state index in [1.54, 1.807) is 6.20 Å². The molecule has 6 nitrogen and oxygen atoms in total. The maximum absolute atomic E-state index is 9.10. The van der Waals surface area contributed by atoms with Gasteiger partial charge in [-0.15, -0.1) is 25.7 Å². The first-order valence-electron chi connectivity index (χ1n) is 5.72. The molecule has 0 aliphatic carbocycles. The van der Waals surface area contributed by atoms with Crippen LogP contribution in [0.25, 0.3) is 10.6 Å². The molecule has 0 atom stereocenters. The van der Waals surface area contributed by atoms with E-state index in [2.05, 4.69) is 10.6 Å². The number of carboxylic acid groups (broad SMARTS) is 2. The predicted molar refractivity (Wildman–Crippen MR) is 68.7 cm³/mol. The van der Waals surface area contributed by atoms with Gasteiger partial charge in [-0.3, -0.25) is 0 Å². The summed E-state index contributed by atoms with van der Waals surface area (Å²) in [4.78, 5) is 18.2. The van der Waals surface area contributed by atoms with Crippen molar-refractivity contribution in [3.05, 3.63) is 35.1 Å². The summed E-state index contributed by atoms with van der Waals surface area (Å²) in [6, 6.07) is 0. The van der Waals surface area contributed by atoms with Gasteiger partial charge in [0.1, 0.15) is 0 Å². The van der Waals surface area contributed by atoms with E-state index in [0.29, 0.717) is 0 Å². The third-order valence-corrected chi connectivity index (χ3v) is 1.96. The SMILES string of the molecule is C1=CC[N-]C=C1.C1CC[N-]CC1.O=C(O)C(=O)O.[Pt+2]. The van der Waals surface area contributed by atoms with Crippen molar-refractivity contribution >= 4 is 11.9 Å². The fourth-order valence-corrected chi connectivity index (χ4v) is 1.11. The number of aliphatic carboxylic acids is 2. The Hall–Kier alpha value is -1.13. The number of nitrogens with zero attached hydrogens (tertiary/aromatic N) is 2. The molecule has 2 rings (SSSR count). The summed E-state index contributed by atoms with van der Waals surface area (Å²) in [6.07, 6.45) is 11.8. The van der Waals surface area contributed by atoms with Crippen LogP contribution in [0.4, 0.5) is 0 Å². The summed E-state index contributed by atoms with van der Waals surface area (Å²) in [5.41, 5.74) is 0. The molecule has 0 aromatic rings. The molecule has 0 amide bonds. The van der Waals surface area contributed by atoms with Gasteiger partial charge in [-0.1, -0.05) is 31.4 Å². The van der Waals surface area contributed by atoms with Crippen molar-refractivity contribution in [2.75, 3.05) is 19.6 Å². The van der Waals surface area contributed by atoms with Gasteiger partial charge in [0.05, 0.1) is 0 Å². The van der Waals surface area contributed by atoms with Gasteiger partial charge in [0, 0.05) is 0 Å². The monoisotopic (exact) mass is 449 g/mol. The van der Waals surface area contributed by atoms with Crippen molar-refractivity contribution in [2.45, 2.75) is 19.3 Å². The number of hydrogen-bond acceptors (Lipinski definition) is 2. The van der Waals surface area contributed by atoms with Crippen molar-refractivity contribution in [3.63, 3.8) is 0 Å².